The van der Waals surface area contributed by atoms with E-state index in [0.29, 0.717) is 30.5 Å². The lowest BCUT2D eigenvalue weighted by molar-refractivity contribution is -0.674. The van der Waals surface area contributed by atoms with Crippen LogP contribution in [-0.4, -0.2) is 31.8 Å². The number of para-hydroxylation sites is 2. The van der Waals surface area contributed by atoms with E-state index < -0.39 is 32.6 Å². The minimum absolute atomic E-state index is 0.0170. The molecule has 1 aliphatic rings. The van der Waals surface area contributed by atoms with Crippen LogP contribution in [0.1, 0.15) is 31.7 Å². The molecule has 12 heteroatoms. The fraction of sp³-hybridized carbons (Fsp3) is 0.320. The maximum Gasteiger partial charge on any atom is 0.417 e. The van der Waals surface area contributed by atoms with Crippen molar-refractivity contribution < 1.29 is 35.1 Å². The van der Waals surface area contributed by atoms with Crippen LogP contribution in [0.2, 0.25) is 5.02 Å². The molecule has 1 aliphatic heterocycles. The number of hydrogen-bond donors (Lipinski definition) is 0. The summed E-state index contributed by atoms with van der Waals surface area (Å²) in [5.74, 6) is 0.473. The van der Waals surface area contributed by atoms with E-state index in [9.17, 15) is 26.1 Å². The number of hydrogen-bond acceptors (Lipinski definition) is 6. The number of allylic oxidation sites excluding steroid dienone is 2. The van der Waals surface area contributed by atoms with Gasteiger partial charge in [0.05, 0.1) is 38.2 Å². The smallest absolute Gasteiger partial charge is 0.417 e. The van der Waals surface area contributed by atoms with Crippen molar-refractivity contribution in [3.05, 3.63) is 70.8 Å². The van der Waals surface area contributed by atoms with Gasteiger partial charge in [0, 0.05) is 24.9 Å². The zero-order chi connectivity index (χ0) is 27.0. The van der Waals surface area contributed by atoms with E-state index in [4.69, 9.17) is 16.0 Å². The number of aromatic nitrogens is 1. The molecule has 3 aromatic rings. The summed E-state index contributed by atoms with van der Waals surface area (Å²) in [5, 5.41) is -0.435. The highest BCUT2D eigenvalue weighted by atomic mass is 35.5. The molecule has 2 heterocycles. The highest BCUT2D eigenvalue weighted by Crippen LogP contribution is 2.47. The lowest BCUT2D eigenvalue weighted by atomic mass is 10.1. The molecule has 37 heavy (non-hydrogen) atoms. The van der Waals surface area contributed by atoms with Crippen LogP contribution in [0.4, 0.5) is 24.5 Å². The van der Waals surface area contributed by atoms with E-state index in [0.717, 1.165) is 17.2 Å². The van der Waals surface area contributed by atoms with Crippen LogP contribution >= 0.6 is 11.6 Å². The summed E-state index contributed by atoms with van der Waals surface area (Å²) >= 11 is 6.00. The average molecular weight is 556 g/mol. The molecule has 1 aromatic heterocycles. The highest BCUT2D eigenvalue weighted by molar-refractivity contribution is 7.85. The summed E-state index contributed by atoms with van der Waals surface area (Å²) in [7, 11) is -4.48. The van der Waals surface area contributed by atoms with Gasteiger partial charge in [-0.2, -0.15) is 17.7 Å². The standard InChI is InChI=1S/C25H25ClF3N3O4S/c1-3-30-21-16-18(26)17(25(27,28)29)15-20(21)32(13-8-14-37(33,34)35)23(30)11-7-12-24-31(4-2)19-9-5-6-10-22(19)36-24/h5-7,9-12,15-16H,3-4,8,13-14H2,1-2H3. The molecule has 0 unspecified atom stereocenters. The Labute approximate surface area is 217 Å². The summed E-state index contributed by atoms with van der Waals surface area (Å²) in [4.78, 5) is 3.36. The number of halogens is 4. The molecular weight excluding hydrogens is 531 g/mol. The van der Waals surface area contributed by atoms with Crippen molar-refractivity contribution in [2.75, 3.05) is 28.6 Å². The summed E-state index contributed by atoms with van der Waals surface area (Å²) in [6, 6.07) is 9.80. The van der Waals surface area contributed by atoms with Crippen LogP contribution in [0.5, 0.6) is 0 Å². The molecule has 198 valence electrons. The molecule has 7 nitrogen and oxygen atoms in total. The van der Waals surface area contributed by atoms with Gasteiger partial charge in [0.2, 0.25) is 5.58 Å². The first-order valence-electron chi connectivity index (χ1n) is 11.6. The van der Waals surface area contributed by atoms with E-state index in [-0.39, 0.29) is 18.7 Å². The maximum absolute atomic E-state index is 13.6. The fourth-order valence-electron chi connectivity index (χ4n) is 4.46. The molecule has 0 amide bonds. The summed E-state index contributed by atoms with van der Waals surface area (Å²) in [6.07, 6.45) is 0.449. The predicted octanol–water partition coefficient (Wildman–Crippen LogP) is 5.55. The van der Waals surface area contributed by atoms with Gasteiger partial charge in [-0.3, -0.25) is 0 Å². The van der Waals surface area contributed by atoms with Crippen molar-refractivity contribution in [3.8, 4) is 0 Å². The van der Waals surface area contributed by atoms with E-state index in [1.165, 1.54) is 6.07 Å². The van der Waals surface area contributed by atoms with Crippen molar-refractivity contribution >= 4 is 50.3 Å². The number of rotatable bonds is 8. The van der Waals surface area contributed by atoms with Crippen molar-refractivity contribution in [3.63, 3.8) is 0 Å². The third-order valence-corrected chi connectivity index (χ3v) is 7.13. The Bertz CT molecular complexity index is 1480. The Morgan fingerprint density at radius 1 is 1.14 bits per heavy atom. The second-order valence-electron chi connectivity index (χ2n) is 8.37. The van der Waals surface area contributed by atoms with Gasteiger partial charge < -0.3 is 18.8 Å². The number of benzene rings is 2. The number of oxazole rings is 1. The zero-order valence-electron chi connectivity index (χ0n) is 20.1. The molecule has 2 aromatic carbocycles. The molecule has 0 atom stereocenters. The van der Waals surface area contributed by atoms with Crippen molar-refractivity contribution in [1.82, 2.24) is 0 Å². The number of aryl methyl sites for hydroxylation is 1. The molecule has 4 rings (SSSR count). The summed E-state index contributed by atoms with van der Waals surface area (Å²) in [5.41, 5.74) is 1.34. The maximum atomic E-state index is 13.6. The highest BCUT2D eigenvalue weighted by Gasteiger charge is 2.38. The quantitative estimate of drug-likeness (QED) is 0.268. The summed E-state index contributed by atoms with van der Waals surface area (Å²) in [6.45, 7) is 4.91. The second kappa shape index (κ2) is 10.4. The lowest BCUT2D eigenvalue weighted by Gasteiger charge is -2.24. The molecule has 0 radical (unpaired) electrons. The van der Waals surface area contributed by atoms with Gasteiger partial charge in [-0.15, -0.1) is 0 Å². The fourth-order valence-corrected chi connectivity index (χ4v) is 5.21. The SMILES string of the molecule is CCN1/C(=C/C=C/c2oc3ccccc3[n+]2CC)N(CCCS(=O)(=O)[O-])c2cc(C(F)(F)F)c(Cl)cc21. The molecule has 0 saturated carbocycles. The van der Waals surface area contributed by atoms with Crippen molar-refractivity contribution in [2.45, 2.75) is 33.0 Å². The minimum Gasteiger partial charge on any atom is -0.748 e. The Kier molecular flexibility index (Phi) is 7.59. The Balaban J connectivity index is 1.76. The van der Waals surface area contributed by atoms with Crippen LogP contribution in [0.15, 0.2) is 58.8 Å². The Morgan fingerprint density at radius 2 is 1.84 bits per heavy atom. The van der Waals surface area contributed by atoms with Gasteiger partial charge in [-0.25, -0.2) is 8.42 Å². The van der Waals surface area contributed by atoms with Gasteiger partial charge in [0.1, 0.15) is 12.4 Å². The topological polar surface area (TPSA) is 80.7 Å². The number of fused-ring (bicyclic) bond motifs is 2. The first-order chi connectivity index (χ1) is 17.4. The van der Waals surface area contributed by atoms with Crippen molar-refractivity contribution in [1.29, 1.82) is 0 Å². The molecular formula is C25H25ClF3N3O4S. The monoisotopic (exact) mass is 555 g/mol. The normalized spacial score (nSPS) is 15.5. The van der Waals surface area contributed by atoms with Gasteiger partial charge in [-0.05, 0) is 50.6 Å². The Morgan fingerprint density at radius 3 is 2.49 bits per heavy atom. The Hall–Kier alpha value is -3.02. The summed E-state index contributed by atoms with van der Waals surface area (Å²) < 4.78 is 82.2. The molecule has 0 fully saturated rings. The minimum atomic E-state index is -4.67. The van der Waals surface area contributed by atoms with Crippen LogP contribution in [0.25, 0.3) is 17.2 Å². The van der Waals surface area contributed by atoms with E-state index in [1.54, 1.807) is 28.0 Å². The van der Waals surface area contributed by atoms with E-state index in [2.05, 4.69) is 0 Å². The lowest BCUT2D eigenvalue weighted by Crippen LogP contribution is -2.33. The molecule has 0 N–H and O–H groups in total. The van der Waals surface area contributed by atoms with Crippen LogP contribution in [0, 0.1) is 0 Å². The van der Waals surface area contributed by atoms with Gasteiger partial charge in [0.25, 0.3) is 5.52 Å². The third kappa shape index (κ3) is 5.63. The molecule has 0 bridgehead atoms. The van der Waals surface area contributed by atoms with Crippen LogP contribution in [0.3, 0.4) is 0 Å². The second-order valence-corrected chi connectivity index (χ2v) is 10.3. The number of nitrogens with zero attached hydrogens (tertiary/aromatic N) is 3. The van der Waals surface area contributed by atoms with E-state index in [1.807, 2.05) is 42.7 Å². The molecule has 0 spiro atoms. The van der Waals surface area contributed by atoms with Gasteiger partial charge in [0.15, 0.2) is 0 Å². The first kappa shape index (κ1) is 27.0. The number of anilines is 2. The largest absolute Gasteiger partial charge is 0.748 e. The zero-order valence-corrected chi connectivity index (χ0v) is 21.7. The predicted molar refractivity (Wildman–Crippen MR) is 135 cm³/mol. The molecule has 0 aliphatic carbocycles. The number of alkyl halides is 3. The first-order valence-corrected chi connectivity index (χ1v) is 13.6. The third-order valence-electron chi connectivity index (χ3n) is 6.03. The van der Waals surface area contributed by atoms with Crippen molar-refractivity contribution in [2.24, 2.45) is 0 Å². The molecule has 0 saturated heterocycles. The van der Waals surface area contributed by atoms with Gasteiger partial charge >= 0.3 is 12.1 Å². The average Bonchev–Trinajstić information content (AvgIpc) is 3.31. The van der Waals surface area contributed by atoms with Gasteiger partial charge in [-0.1, -0.05) is 23.7 Å². The van der Waals surface area contributed by atoms with Crippen LogP contribution < -0.4 is 14.4 Å². The van der Waals surface area contributed by atoms with E-state index >= 15 is 0 Å². The van der Waals surface area contributed by atoms with Crippen LogP contribution in [-0.2, 0) is 22.8 Å².